The first kappa shape index (κ1) is 24.2. The van der Waals surface area contributed by atoms with Gasteiger partial charge in [0.2, 0.25) is 0 Å². The Labute approximate surface area is 206 Å². The molecule has 3 aromatic carbocycles. The van der Waals surface area contributed by atoms with Crippen LogP contribution in [0.4, 0.5) is 0 Å². The van der Waals surface area contributed by atoms with Crippen LogP contribution in [0.3, 0.4) is 0 Å². The minimum atomic E-state index is -0.275. The number of rotatable bonds is 8. The molecule has 0 atom stereocenters. The van der Waals surface area contributed by atoms with Gasteiger partial charge in [0, 0.05) is 23.2 Å². The van der Waals surface area contributed by atoms with Crippen LogP contribution in [-0.2, 0) is 13.0 Å². The average molecular weight is 471 g/mol. The Morgan fingerprint density at radius 3 is 2.17 bits per heavy atom. The van der Waals surface area contributed by atoms with Crippen LogP contribution >= 0.6 is 0 Å². The molecule has 0 aromatic heterocycles. The topological polar surface area (TPSA) is 77.0 Å². The molecule has 0 saturated carbocycles. The highest BCUT2D eigenvalue weighted by Crippen LogP contribution is 2.31. The normalized spacial score (nSPS) is 13.9. The van der Waals surface area contributed by atoms with Gasteiger partial charge in [-0.3, -0.25) is 14.6 Å². The molecule has 0 radical (unpaired) electrons. The Morgan fingerprint density at radius 1 is 0.886 bits per heavy atom. The largest absolute Gasteiger partial charge is 0.497 e. The second-order valence-corrected chi connectivity index (χ2v) is 9.28. The summed E-state index contributed by atoms with van der Waals surface area (Å²) < 4.78 is 10.5. The van der Waals surface area contributed by atoms with E-state index in [0.29, 0.717) is 17.7 Å². The zero-order valence-electron chi connectivity index (χ0n) is 20.6. The van der Waals surface area contributed by atoms with Crippen molar-refractivity contribution < 1.29 is 19.1 Å². The highest BCUT2D eigenvalue weighted by atomic mass is 16.5. The van der Waals surface area contributed by atoms with Gasteiger partial charge in [-0.05, 0) is 67.8 Å². The molecular formula is C29H30N2O4. The van der Waals surface area contributed by atoms with Crippen LogP contribution in [-0.4, -0.2) is 37.2 Å². The molecular weight excluding hydrogens is 440 g/mol. The predicted octanol–water partition coefficient (Wildman–Crippen LogP) is 5.03. The molecule has 0 spiro atoms. The number of methoxy groups -OCH3 is 2. The van der Waals surface area contributed by atoms with Gasteiger partial charge in [-0.15, -0.1) is 0 Å². The molecule has 0 unspecified atom stereocenters. The first-order valence-electron chi connectivity index (χ1n) is 11.6. The van der Waals surface area contributed by atoms with E-state index in [1.54, 1.807) is 38.5 Å². The number of benzene rings is 3. The van der Waals surface area contributed by atoms with E-state index in [9.17, 15) is 9.59 Å². The number of hydrogen-bond donors (Lipinski definition) is 1. The predicted molar refractivity (Wildman–Crippen MR) is 137 cm³/mol. The molecule has 0 saturated heterocycles. The van der Waals surface area contributed by atoms with Crippen molar-refractivity contribution in [2.75, 3.05) is 14.2 Å². The molecule has 0 aliphatic carbocycles. The zero-order chi connectivity index (χ0) is 25.0. The summed E-state index contributed by atoms with van der Waals surface area (Å²) in [7, 11) is 3.25. The first-order valence-corrected chi connectivity index (χ1v) is 11.6. The number of amides is 1. The van der Waals surface area contributed by atoms with Crippen molar-refractivity contribution in [3.05, 3.63) is 94.5 Å². The second-order valence-electron chi connectivity index (χ2n) is 9.28. The maximum atomic E-state index is 13.1. The van der Waals surface area contributed by atoms with Gasteiger partial charge in [0.05, 0.1) is 31.9 Å². The maximum absolute atomic E-state index is 13.1. The van der Waals surface area contributed by atoms with Crippen molar-refractivity contribution >= 4 is 17.4 Å². The standard InChI is InChI=1S/C29H30N2O4/c1-29(2)17-22-11-14-24(35-4)15-25(22)26(31-29)16-27(32)20-7-9-21(10-8-20)28(33)30-18-19-5-12-23(34-3)13-6-19/h5-15H,16-18H2,1-4H3,(H,30,33). The number of aliphatic imine (C=N–C) groups is 1. The fourth-order valence-corrected chi connectivity index (χ4v) is 4.26. The molecule has 0 fully saturated rings. The molecule has 1 aliphatic rings. The lowest BCUT2D eigenvalue weighted by atomic mass is 9.85. The SMILES string of the molecule is COc1ccc(CNC(=O)c2ccc(C(=O)CC3=NC(C)(C)Cc4ccc(OC)cc43)cc2)cc1. The third-order valence-electron chi connectivity index (χ3n) is 6.10. The van der Waals surface area contributed by atoms with Gasteiger partial charge >= 0.3 is 0 Å². The molecule has 6 heteroatoms. The number of carbonyl (C=O) groups is 2. The van der Waals surface area contributed by atoms with E-state index in [2.05, 4.69) is 25.2 Å². The summed E-state index contributed by atoms with van der Waals surface area (Å²) in [5.74, 6) is 1.28. The van der Waals surface area contributed by atoms with Crippen molar-refractivity contribution in [2.45, 2.75) is 38.8 Å². The number of fused-ring (bicyclic) bond motifs is 1. The molecule has 1 aliphatic heterocycles. The van der Waals surface area contributed by atoms with E-state index in [1.807, 2.05) is 36.4 Å². The highest BCUT2D eigenvalue weighted by Gasteiger charge is 2.28. The smallest absolute Gasteiger partial charge is 0.251 e. The van der Waals surface area contributed by atoms with Crippen LogP contribution in [0.15, 0.2) is 71.7 Å². The van der Waals surface area contributed by atoms with E-state index in [4.69, 9.17) is 14.5 Å². The van der Waals surface area contributed by atoms with E-state index in [1.165, 1.54) is 0 Å². The van der Waals surface area contributed by atoms with Gasteiger partial charge in [0.1, 0.15) is 11.5 Å². The van der Waals surface area contributed by atoms with E-state index in [0.717, 1.165) is 40.3 Å². The van der Waals surface area contributed by atoms with Gasteiger partial charge in [-0.25, -0.2) is 0 Å². The van der Waals surface area contributed by atoms with Gasteiger partial charge in [-0.2, -0.15) is 0 Å². The van der Waals surface area contributed by atoms with Crippen LogP contribution in [0.5, 0.6) is 11.5 Å². The Morgan fingerprint density at radius 2 is 1.51 bits per heavy atom. The van der Waals surface area contributed by atoms with Crippen molar-refractivity contribution in [1.82, 2.24) is 5.32 Å². The lowest BCUT2D eigenvalue weighted by Gasteiger charge is -2.29. The Hall–Kier alpha value is -3.93. The summed E-state index contributed by atoms with van der Waals surface area (Å²) in [6.45, 7) is 4.55. The van der Waals surface area contributed by atoms with E-state index >= 15 is 0 Å². The van der Waals surface area contributed by atoms with Crippen LogP contribution in [0, 0.1) is 0 Å². The quantitative estimate of drug-likeness (QED) is 0.469. The van der Waals surface area contributed by atoms with E-state index in [-0.39, 0.29) is 23.7 Å². The molecule has 180 valence electrons. The summed E-state index contributed by atoms with van der Waals surface area (Å²) in [5.41, 5.74) is 4.64. The van der Waals surface area contributed by atoms with Crippen molar-refractivity contribution in [2.24, 2.45) is 4.99 Å². The number of Topliss-reactive ketones (excluding diaryl/α,β-unsaturated/α-hetero) is 1. The summed E-state index contributed by atoms with van der Waals surface area (Å²) >= 11 is 0. The molecule has 6 nitrogen and oxygen atoms in total. The summed E-state index contributed by atoms with van der Waals surface area (Å²) in [4.78, 5) is 30.5. The van der Waals surface area contributed by atoms with Crippen molar-refractivity contribution in [3.63, 3.8) is 0 Å². The van der Waals surface area contributed by atoms with Crippen LogP contribution in [0.1, 0.15) is 57.7 Å². The molecule has 4 rings (SSSR count). The van der Waals surface area contributed by atoms with Gasteiger partial charge in [-0.1, -0.05) is 30.3 Å². The van der Waals surface area contributed by atoms with Crippen molar-refractivity contribution in [1.29, 1.82) is 0 Å². The maximum Gasteiger partial charge on any atom is 0.251 e. The number of ether oxygens (including phenoxy) is 2. The molecule has 35 heavy (non-hydrogen) atoms. The average Bonchev–Trinajstić information content (AvgIpc) is 2.86. The zero-order valence-corrected chi connectivity index (χ0v) is 20.6. The number of carbonyl (C=O) groups excluding carboxylic acids is 2. The molecule has 1 heterocycles. The molecule has 0 bridgehead atoms. The van der Waals surface area contributed by atoms with Crippen LogP contribution in [0.25, 0.3) is 0 Å². The molecule has 1 amide bonds. The Kier molecular flexibility index (Phi) is 7.01. The number of ketones is 1. The van der Waals surface area contributed by atoms with Gasteiger partial charge in [0.15, 0.2) is 5.78 Å². The van der Waals surface area contributed by atoms with Crippen LogP contribution in [0.2, 0.25) is 0 Å². The third kappa shape index (κ3) is 5.77. The fraction of sp³-hybridized carbons (Fsp3) is 0.276. The van der Waals surface area contributed by atoms with Crippen LogP contribution < -0.4 is 14.8 Å². The highest BCUT2D eigenvalue weighted by molar-refractivity contribution is 6.17. The number of nitrogens with zero attached hydrogens (tertiary/aromatic N) is 1. The van der Waals surface area contributed by atoms with Gasteiger partial charge < -0.3 is 14.8 Å². The molecule has 3 aromatic rings. The third-order valence-corrected chi connectivity index (χ3v) is 6.10. The van der Waals surface area contributed by atoms with Gasteiger partial charge in [0.25, 0.3) is 5.91 Å². The second kappa shape index (κ2) is 10.1. The first-order chi connectivity index (χ1) is 16.8. The Balaban J connectivity index is 1.43. The summed E-state index contributed by atoms with van der Waals surface area (Å²) in [6, 6.07) is 20.2. The number of hydrogen-bond acceptors (Lipinski definition) is 5. The van der Waals surface area contributed by atoms with E-state index < -0.39 is 0 Å². The minimum Gasteiger partial charge on any atom is -0.497 e. The lowest BCUT2D eigenvalue weighted by Crippen LogP contribution is -2.30. The minimum absolute atomic E-state index is 0.0413. The van der Waals surface area contributed by atoms with Crippen molar-refractivity contribution in [3.8, 4) is 11.5 Å². The molecule has 1 N–H and O–H groups in total. The fourth-order valence-electron chi connectivity index (χ4n) is 4.26. The lowest BCUT2D eigenvalue weighted by molar-refractivity contribution is 0.0948. The number of nitrogens with one attached hydrogen (secondary N) is 1. The summed E-state index contributed by atoms with van der Waals surface area (Å²) in [5, 5.41) is 2.90. The summed E-state index contributed by atoms with van der Waals surface area (Å²) in [6.07, 6.45) is 0.997. The Bertz CT molecular complexity index is 1260. The monoisotopic (exact) mass is 470 g/mol.